The number of halogens is 2. The summed E-state index contributed by atoms with van der Waals surface area (Å²) in [6.45, 7) is 5.17. The fraction of sp³-hybridized carbons (Fsp3) is 0.647. The third-order valence-electron chi connectivity index (χ3n) is 4.24. The molecule has 1 fully saturated rings. The van der Waals surface area contributed by atoms with Gasteiger partial charge in [0.25, 0.3) is 0 Å². The quantitative estimate of drug-likeness (QED) is 0.556. The van der Waals surface area contributed by atoms with Gasteiger partial charge in [0.2, 0.25) is 0 Å². The van der Waals surface area contributed by atoms with Gasteiger partial charge < -0.3 is 9.47 Å². The summed E-state index contributed by atoms with van der Waals surface area (Å²) in [7, 11) is 1.75. The van der Waals surface area contributed by atoms with Crippen molar-refractivity contribution in [1.82, 2.24) is 0 Å². The Bertz CT molecular complexity index is 482. The third kappa shape index (κ3) is 4.23. The fourth-order valence-electron chi connectivity index (χ4n) is 3.04. The summed E-state index contributed by atoms with van der Waals surface area (Å²) >= 11 is 7.52. The monoisotopic (exact) mass is 418 g/mol. The zero-order valence-corrected chi connectivity index (χ0v) is 16.2. The molecule has 0 bridgehead atoms. The van der Waals surface area contributed by atoms with E-state index < -0.39 is 0 Å². The van der Waals surface area contributed by atoms with Gasteiger partial charge >= 0.3 is 0 Å². The average Bonchev–Trinajstić information content (AvgIpc) is 2.49. The van der Waals surface area contributed by atoms with E-state index in [0.717, 1.165) is 29.7 Å². The number of rotatable bonds is 5. The van der Waals surface area contributed by atoms with Crippen LogP contribution in [0.15, 0.2) is 10.5 Å². The maximum atomic E-state index is 5.84. The number of aryl methyl sites for hydroxylation is 1. The number of methoxy groups -OCH3 is 1. The van der Waals surface area contributed by atoms with Crippen LogP contribution in [0.2, 0.25) is 0 Å². The second-order valence-electron chi connectivity index (χ2n) is 5.78. The minimum absolute atomic E-state index is 0.300. The van der Waals surface area contributed by atoms with Crippen LogP contribution in [0.25, 0.3) is 0 Å². The van der Waals surface area contributed by atoms with E-state index in [4.69, 9.17) is 9.47 Å². The van der Waals surface area contributed by atoms with Gasteiger partial charge in [0.05, 0.1) is 13.2 Å². The van der Waals surface area contributed by atoms with Crippen LogP contribution in [0.4, 0.5) is 0 Å². The van der Waals surface area contributed by atoms with Gasteiger partial charge in [0, 0.05) is 21.5 Å². The van der Waals surface area contributed by atoms with Crippen LogP contribution in [0.1, 0.15) is 53.6 Å². The molecular weight excluding hydrogens is 396 g/mol. The Morgan fingerprint density at radius 2 is 2.14 bits per heavy atom. The Balaban J connectivity index is 2.12. The number of ether oxygens (including phenoxy) is 2. The van der Waals surface area contributed by atoms with Crippen LogP contribution >= 0.6 is 31.9 Å². The lowest BCUT2D eigenvalue weighted by Gasteiger charge is -2.25. The summed E-state index contributed by atoms with van der Waals surface area (Å²) in [5, 5.41) is 0. The van der Waals surface area contributed by atoms with Crippen LogP contribution in [0, 0.1) is 13.8 Å². The molecule has 1 aromatic carbocycles. The van der Waals surface area contributed by atoms with Crippen LogP contribution in [0.3, 0.4) is 0 Å². The van der Waals surface area contributed by atoms with Gasteiger partial charge in [-0.15, -0.1) is 0 Å². The Hall–Kier alpha value is -0.0600. The number of hydrogen-bond donors (Lipinski definition) is 0. The fourth-order valence-corrected chi connectivity index (χ4v) is 4.41. The number of alkyl halides is 1. The van der Waals surface area contributed by atoms with Gasteiger partial charge in [-0.1, -0.05) is 31.9 Å². The second-order valence-corrected chi connectivity index (χ2v) is 7.74. The van der Waals surface area contributed by atoms with Gasteiger partial charge in [0.15, 0.2) is 0 Å². The van der Waals surface area contributed by atoms with Gasteiger partial charge in [-0.05, 0) is 63.1 Å². The lowest BCUT2D eigenvalue weighted by atomic mass is 9.96. The first-order valence-corrected chi connectivity index (χ1v) is 9.34. The molecule has 21 heavy (non-hydrogen) atoms. The Labute approximate surface area is 144 Å². The minimum atomic E-state index is 0.300. The first-order valence-electron chi connectivity index (χ1n) is 7.63. The summed E-state index contributed by atoms with van der Waals surface area (Å²) in [4.78, 5) is 0.300. The molecule has 0 N–H and O–H groups in total. The summed E-state index contributed by atoms with van der Waals surface area (Å²) in [6.07, 6.45) is 6.32. The van der Waals surface area contributed by atoms with E-state index in [-0.39, 0.29) is 0 Å². The van der Waals surface area contributed by atoms with E-state index in [0.29, 0.717) is 10.9 Å². The first-order chi connectivity index (χ1) is 10.0. The highest BCUT2D eigenvalue weighted by Crippen LogP contribution is 2.42. The van der Waals surface area contributed by atoms with Gasteiger partial charge in [-0.3, -0.25) is 0 Å². The highest BCUT2D eigenvalue weighted by Gasteiger charge is 2.22. The van der Waals surface area contributed by atoms with E-state index in [1.165, 1.54) is 36.0 Å². The Morgan fingerprint density at radius 1 is 1.38 bits per heavy atom. The highest BCUT2D eigenvalue weighted by atomic mass is 79.9. The molecule has 2 nitrogen and oxygen atoms in total. The Morgan fingerprint density at radius 3 is 2.76 bits per heavy atom. The molecule has 0 aromatic heterocycles. The topological polar surface area (TPSA) is 18.5 Å². The molecular formula is C17H24Br2O2. The van der Waals surface area contributed by atoms with Crippen molar-refractivity contribution in [3.63, 3.8) is 0 Å². The number of hydrogen-bond acceptors (Lipinski definition) is 2. The molecule has 0 saturated carbocycles. The minimum Gasteiger partial charge on any atom is -0.496 e. The standard InChI is InChI=1S/C17H24Br2O2/c1-11-10-15(19)12(2)16(17(11)20-3)14(18)8-7-13-6-4-5-9-21-13/h10,13-14H,4-9H2,1-3H3. The van der Waals surface area contributed by atoms with E-state index in [9.17, 15) is 0 Å². The second kappa shape index (κ2) is 7.98. The van der Waals surface area contributed by atoms with Crippen molar-refractivity contribution in [2.24, 2.45) is 0 Å². The molecule has 118 valence electrons. The van der Waals surface area contributed by atoms with Crippen LogP contribution in [-0.4, -0.2) is 19.8 Å². The predicted octanol–water partition coefficient (Wildman–Crippen LogP) is 5.86. The maximum Gasteiger partial charge on any atom is 0.126 e. The lowest BCUT2D eigenvalue weighted by molar-refractivity contribution is 0.0101. The molecule has 2 atom stereocenters. The molecule has 0 spiro atoms. The first kappa shape index (κ1) is 17.3. The predicted molar refractivity (Wildman–Crippen MR) is 94.7 cm³/mol. The zero-order chi connectivity index (χ0) is 15.4. The summed E-state index contributed by atoms with van der Waals surface area (Å²) in [5.41, 5.74) is 3.69. The highest BCUT2D eigenvalue weighted by molar-refractivity contribution is 9.10. The molecule has 2 rings (SSSR count). The molecule has 4 heteroatoms. The summed E-state index contributed by atoms with van der Waals surface area (Å²) in [6, 6.07) is 2.13. The molecule has 0 radical (unpaired) electrons. The molecule has 1 aliphatic heterocycles. The molecule has 1 aliphatic rings. The van der Waals surface area contributed by atoms with Crippen molar-refractivity contribution < 1.29 is 9.47 Å². The lowest BCUT2D eigenvalue weighted by Crippen LogP contribution is -2.19. The van der Waals surface area contributed by atoms with Crippen molar-refractivity contribution in [3.05, 3.63) is 27.2 Å². The van der Waals surface area contributed by atoms with Crippen molar-refractivity contribution in [1.29, 1.82) is 0 Å². The summed E-state index contributed by atoms with van der Waals surface area (Å²) < 4.78 is 12.6. The van der Waals surface area contributed by atoms with E-state index >= 15 is 0 Å². The van der Waals surface area contributed by atoms with Crippen molar-refractivity contribution in [2.75, 3.05) is 13.7 Å². The van der Waals surface area contributed by atoms with E-state index in [2.05, 4.69) is 51.8 Å². The summed E-state index contributed by atoms with van der Waals surface area (Å²) in [5.74, 6) is 1.00. The molecule has 0 amide bonds. The van der Waals surface area contributed by atoms with Crippen molar-refractivity contribution in [2.45, 2.75) is 56.9 Å². The van der Waals surface area contributed by atoms with Crippen molar-refractivity contribution in [3.8, 4) is 5.75 Å². The molecule has 1 heterocycles. The van der Waals surface area contributed by atoms with Crippen LogP contribution in [0.5, 0.6) is 5.75 Å². The van der Waals surface area contributed by atoms with Crippen LogP contribution in [-0.2, 0) is 4.74 Å². The molecule has 1 saturated heterocycles. The Kier molecular flexibility index (Phi) is 6.57. The van der Waals surface area contributed by atoms with Gasteiger partial charge in [-0.25, -0.2) is 0 Å². The van der Waals surface area contributed by atoms with E-state index in [1.54, 1.807) is 7.11 Å². The smallest absolute Gasteiger partial charge is 0.126 e. The molecule has 2 unspecified atom stereocenters. The van der Waals surface area contributed by atoms with Crippen molar-refractivity contribution >= 4 is 31.9 Å². The normalized spacial score (nSPS) is 20.3. The third-order valence-corrected chi connectivity index (χ3v) is 5.98. The largest absolute Gasteiger partial charge is 0.496 e. The zero-order valence-electron chi connectivity index (χ0n) is 13.0. The number of benzene rings is 1. The molecule has 0 aliphatic carbocycles. The average molecular weight is 420 g/mol. The van der Waals surface area contributed by atoms with Gasteiger partial charge in [-0.2, -0.15) is 0 Å². The van der Waals surface area contributed by atoms with E-state index in [1.807, 2.05) is 0 Å². The maximum absolute atomic E-state index is 5.84. The van der Waals surface area contributed by atoms with Crippen LogP contribution < -0.4 is 4.74 Å². The SMILES string of the molecule is COc1c(C)cc(Br)c(C)c1C(Br)CCC1CCCCO1. The van der Waals surface area contributed by atoms with Gasteiger partial charge in [0.1, 0.15) is 5.75 Å². The molecule has 1 aromatic rings.